The third-order valence-corrected chi connectivity index (χ3v) is 16.0. The molecule has 378 valence electrons. The van der Waals surface area contributed by atoms with Gasteiger partial charge < -0.3 is 55.3 Å². The van der Waals surface area contributed by atoms with E-state index in [1.165, 1.54) is 29.2 Å². The summed E-state index contributed by atoms with van der Waals surface area (Å²) >= 11 is 0. The van der Waals surface area contributed by atoms with Gasteiger partial charge in [-0.1, -0.05) is 20.4 Å². The number of nitrogens with zero attached hydrogens (tertiary/aromatic N) is 10. The van der Waals surface area contributed by atoms with Crippen LogP contribution in [0.4, 0.5) is 40.2 Å². The van der Waals surface area contributed by atoms with Gasteiger partial charge in [0.2, 0.25) is 5.91 Å². The number of piperidine rings is 2. The molecule has 10 rings (SSSR count). The lowest BCUT2D eigenvalue weighted by molar-refractivity contribution is -0.111. The monoisotopic (exact) mass is 970 g/mol. The highest BCUT2D eigenvalue weighted by Gasteiger charge is 2.43. The molecular weight excluding hydrogens is 899 g/mol. The Bertz CT molecular complexity index is 2670. The summed E-state index contributed by atoms with van der Waals surface area (Å²) in [4.78, 5) is 68.0. The number of carbonyl (C=O) groups excluding carboxylic acids is 3. The summed E-state index contributed by atoms with van der Waals surface area (Å²) in [6.07, 6.45) is 10.2. The van der Waals surface area contributed by atoms with E-state index in [2.05, 4.69) is 99.2 Å². The largest absolute Gasteiger partial charge is 0.394 e. The molecule has 0 spiro atoms. The summed E-state index contributed by atoms with van der Waals surface area (Å²) in [5.41, 5.74) is 12.5. The van der Waals surface area contributed by atoms with E-state index in [1.54, 1.807) is 0 Å². The first-order valence-electron chi connectivity index (χ1n) is 25.7. The maximum absolute atomic E-state index is 14.2. The number of ether oxygens (including phenoxy) is 1. The molecule has 4 saturated heterocycles. The predicted octanol–water partition coefficient (Wildman–Crippen LogP) is 5.04. The minimum atomic E-state index is -0.757. The molecule has 1 aromatic carbocycles. The number of fused-ring (bicyclic) bond motifs is 3. The van der Waals surface area contributed by atoms with Gasteiger partial charge in [-0.25, -0.2) is 15.0 Å². The number of anilines is 7. The average molecular weight is 970 g/mol. The van der Waals surface area contributed by atoms with E-state index in [4.69, 9.17) is 20.4 Å². The van der Waals surface area contributed by atoms with Crippen LogP contribution in [0.15, 0.2) is 61.4 Å². The van der Waals surface area contributed by atoms with Crippen molar-refractivity contribution < 1.29 is 24.2 Å². The van der Waals surface area contributed by atoms with Crippen molar-refractivity contribution in [2.75, 3.05) is 95.9 Å². The zero-order valence-corrected chi connectivity index (χ0v) is 42.0. The fourth-order valence-electron chi connectivity index (χ4n) is 12.6. The molecule has 5 N–H and O–H groups in total. The Morgan fingerprint density at radius 1 is 0.901 bits per heavy atom. The second-order valence-corrected chi connectivity index (χ2v) is 21.4. The van der Waals surface area contributed by atoms with Crippen LogP contribution in [-0.4, -0.2) is 154 Å². The quantitative estimate of drug-likeness (QED) is 0.138. The van der Waals surface area contributed by atoms with Crippen molar-refractivity contribution in [3.63, 3.8) is 0 Å². The maximum atomic E-state index is 14.2. The van der Waals surface area contributed by atoms with E-state index < -0.39 is 11.9 Å². The lowest BCUT2D eigenvalue weighted by Crippen LogP contribution is -2.60. The predicted molar refractivity (Wildman–Crippen MR) is 277 cm³/mol. The zero-order chi connectivity index (χ0) is 49.7. The summed E-state index contributed by atoms with van der Waals surface area (Å²) in [6.45, 7) is 22.4. The maximum Gasteiger partial charge on any atom is 0.271 e. The van der Waals surface area contributed by atoms with Gasteiger partial charge in [0, 0.05) is 99.8 Å². The van der Waals surface area contributed by atoms with Crippen molar-refractivity contribution in [3.05, 3.63) is 84.1 Å². The van der Waals surface area contributed by atoms with Crippen molar-refractivity contribution in [1.29, 1.82) is 0 Å². The van der Waals surface area contributed by atoms with Crippen LogP contribution in [-0.2, 0) is 28.9 Å². The molecule has 6 atom stereocenters. The second-order valence-electron chi connectivity index (χ2n) is 21.4. The Morgan fingerprint density at radius 2 is 1.73 bits per heavy atom. The van der Waals surface area contributed by atoms with E-state index in [-0.39, 0.29) is 47.4 Å². The van der Waals surface area contributed by atoms with E-state index in [0.29, 0.717) is 55.0 Å². The number of morpholine rings is 1. The molecule has 3 unspecified atom stereocenters. The number of nitrogens with two attached hydrogens (primary N) is 1. The van der Waals surface area contributed by atoms with Gasteiger partial charge in [-0.2, -0.15) is 0 Å². The van der Waals surface area contributed by atoms with Crippen LogP contribution in [0, 0.1) is 5.41 Å². The van der Waals surface area contributed by atoms with E-state index in [9.17, 15) is 19.5 Å². The van der Waals surface area contributed by atoms with Gasteiger partial charge in [0.25, 0.3) is 11.8 Å². The van der Waals surface area contributed by atoms with Crippen molar-refractivity contribution in [1.82, 2.24) is 29.3 Å². The van der Waals surface area contributed by atoms with Gasteiger partial charge in [0.05, 0.1) is 55.5 Å². The number of piperazine rings is 1. The molecule has 0 radical (unpaired) electrons. The fourth-order valence-corrected chi connectivity index (χ4v) is 12.6. The van der Waals surface area contributed by atoms with Crippen molar-refractivity contribution in [3.8, 4) is 0 Å². The number of hydrogen-bond acceptors (Lipinski definition) is 14. The first-order valence-corrected chi connectivity index (χ1v) is 25.7. The molecule has 3 amide bonds. The number of rotatable bonds is 12. The standard InChI is InChI=1S/C53H71N13O5/c1-7-48(68)58-40-25-37(10-11-41(40)62-18-17-60(30-34(62)3)38-13-16-61(33(2)23-38)39-12-14-55-46(26-39)63-21-22-71-32-35(63)4)57-51-49(50(54)69)56-29-47(59-51)65-15-8-9-42(45(65)31-67)66-20-19-64-43(52(66)70)24-36-27-53(5,6)28-44(36)64/h7,10-12,14,24-26,29,33-35,38,42,45,67H,1,8-9,13,15-23,27-28,30-32H2,2-6H3,(H2,54,69)(H,57,59)(H,58,68)/t33-,34-,35-,38?,42?,45?/m0/s1. The number of amides is 3. The topological polar surface area (TPSA) is 194 Å². The Hall–Kier alpha value is -6.24. The van der Waals surface area contributed by atoms with Crippen molar-refractivity contribution >= 4 is 57.9 Å². The van der Waals surface area contributed by atoms with Gasteiger partial charge in [-0.3, -0.25) is 19.3 Å². The summed E-state index contributed by atoms with van der Waals surface area (Å²) < 4.78 is 7.89. The smallest absolute Gasteiger partial charge is 0.271 e. The third-order valence-electron chi connectivity index (χ3n) is 16.0. The molecule has 71 heavy (non-hydrogen) atoms. The average Bonchev–Trinajstić information content (AvgIpc) is 3.86. The summed E-state index contributed by atoms with van der Waals surface area (Å²) in [5.74, 6) is 0.491. The summed E-state index contributed by atoms with van der Waals surface area (Å²) in [6, 6.07) is 12.7. The molecule has 18 heteroatoms. The highest BCUT2D eigenvalue weighted by Crippen LogP contribution is 2.41. The molecular formula is C53H71N13O5. The van der Waals surface area contributed by atoms with Crippen LogP contribution in [0.25, 0.3) is 0 Å². The minimum absolute atomic E-state index is 0.00798. The first-order chi connectivity index (χ1) is 34.2. The number of benzene rings is 1. The Kier molecular flexibility index (Phi) is 13.5. The van der Waals surface area contributed by atoms with Gasteiger partial charge in [-0.15, -0.1) is 0 Å². The Labute approximate surface area is 417 Å². The molecule has 6 aliphatic rings. The SMILES string of the molecule is C=CC(=O)Nc1cc(Nc2nc(N3CCCC(N4CCn5c(cc6c5CC(C)(C)C6)C4=O)C3CO)cnc2C(N)=O)ccc1N1CCN(C2CCN(c3ccnc(N4CCOC[C@@H]4C)c3)[C@@H](C)C2)C[C@@H]1C. The highest BCUT2D eigenvalue weighted by atomic mass is 16.5. The molecule has 18 nitrogen and oxygen atoms in total. The van der Waals surface area contributed by atoms with E-state index in [1.807, 2.05) is 34.2 Å². The van der Waals surface area contributed by atoms with Crippen LogP contribution in [0.5, 0.6) is 0 Å². The molecule has 1 aliphatic carbocycles. The molecule has 5 aliphatic heterocycles. The summed E-state index contributed by atoms with van der Waals surface area (Å²) in [5, 5.41) is 17.3. The fraction of sp³-hybridized carbons (Fsp3) is 0.547. The van der Waals surface area contributed by atoms with Crippen LogP contribution in [0.1, 0.15) is 92.5 Å². The van der Waals surface area contributed by atoms with Crippen LogP contribution in [0.2, 0.25) is 0 Å². The number of pyridine rings is 1. The molecule has 3 aromatic heterocycles. The number of primary amides is 1. The number of aliphatic hydroxyl groups is 1. The third kappa shape index (κ3) is 9.53. The number of carbonyl (C=O) groups is 3. The van der Waals surface area contributed by atoms with Gasteiger partial charge >= 0.3 is 0 Å². The Balaban J connectivity index is 0.828. The van der Waals surface area contributed by atoms with Gasteiger partial charge in [0.1, 0.15) is 17.3 Å². The van der Waals surface area contributed by atoms with Crippen LogP contribution < -0.4 is 36.0 Å². The molecule has 8 heterocycles. The van der Waals surface area contributed by atoms with E-state index in [0.717, 1.165) is 102 Å². The number of aliphatic hydroxyl groups excluding tert-OH is 1. The lowest BCUT2D eigenvalue weighted by atomic mass is 9.90. The van der Waals surface area contributed by atoms with Gasteiger partial charge in [-0.05, 0) is 107 Å². The molecule has 0 saturated carbocycles. The molecule has 4 fully saturated rings. The molecule has 4 aromatic rings. The second kappa shape index (κ2) is 19.8. The Morgan fingerprint density at radius 3 is 2.49 bits per heavy atom. The van der Waals surface area contributed by atoms with Gasteiger partial charge in [0.15, 0.2) is 11.5 Å². The zero-order valence-electron chi connectivity index (χ0n) is 42.0. The minimum Gasteiger partial charge on any atom is -0.394 e. The number of nitrogens with one attached hydrogen (secondary N) is 2. The molecule has 0 bridgehead atoms. The van der Waals surface area contributed by atoms with Crippen molar-refractivity contribution in [2.45, 2.75) is 116 Å². The number of hydrogen-bond donors (Lipinski definition) is 4. The van der Waals surface area contributed by atoms with Crippen LogP contribution >= 0.6 is 0 Å². The number of aromatic nitrogens is 4. The van der Waals surface area contributed by atoms with Crippen molar-refractivity contribution in [2.24, 2.45) is 11.1 Å². The first kappa shape index (κ1) is 48.4. The highest BCUT2D eigenvalue weighted by molar-refractivity contribution is 6.02. The lowest BCUT2D eigenvalue weighted by Gasteiger charge is -2.48. The van der Waals surface area contributed by atoms with Crippen LogP contribution in [0.3, 0.4) is 0 Å². The normalized spacial score (nSPS) is 25.7. The summed E-state index contributed by atoms with van der Waals surface area (Å²) in [7, 11) is 0. The van der Waals surface area contributed by atoms with E-state index >= 15 is 0 Å².